The summed E-state index contributed by atoms with van der Waals surface area (Å²) in [5, 5.41) is 3.01. The summed E-state index contributed by atoms with van der Waals surface area (Å²) in [6.07, 6.45) is 0.744. The summed E-state index contributed by atoms with van der Waals surface area (Å²) >= 11 is 0. The lowest BCUT2D eigenvalue weighted by atomic mass is 9.97. The monoisotopic (exact) mass is 458 g/mol. The van der Waals surface area contributed by atoms with Gasteiger partial charge in [-0.2, -0.15) is 0 Å². The lowest BCUT2D eigenvalue weighted by Crippen LogP contribution is -2.50. The highest BCUT2D eigenvalue weighted by molar-refractivity contribution is 5.88. The molecule has 0 radical (unpaired) electrons. The van der Waals surface area contributed by atoms with Crippen LogP contribution >= 0.6 is 0 Å². The van der Waals surface area contributed by atoms with Gasteiger partial charge in [0.15, 0.2) is 0 Å². The molecule has 3 aromatic rings. The largest absolute Gasteiger partial charge is 0.467 e. The van der Waals surface area contributed by atoms with Crippen molar-refractivity contribution in [1.29, 1.82) is 0 Å². The third-order valence-corrected chi connectivity index (χ3v) is 6.15. The van der Waals surface area contributed by atoms with Crippen molar-refractivity contribution in [3.63, 3.8) is 0 Å². The number of amides is 1. The van der Waals surface area contributed by atoms with Crippen LogP contribution in [0.25, 0.3) is 0 Å². The quantitative estimate of drug-likeness (QED) is 0.405. The third-order valence-electron chi connectivity index (χ3n) is 6.15. The van der Waals surface area contributed by atoms with Crippen LogP contribution in [0, 0.1) is 5.92 Å². The van der Waals surface area contributed by atoms with Crippen LogP contribution in [0.1, 0.15) is 43.0 Å². The van der Waals surface area contributed by atoms with Crippen LogP contribution in [-0.4, -0.2) is 29.9 Å². The number of ether oxygens (including phenoxy) is 1. The Labute approximate surface area is 202 Å². The fraction of sp³-hybridized carbons (Fsp3) is 0.310. The molecule has 1 amide bonds. The maximum Gasteiger partial charge on any atom is 0.328 e. The van der Waals surface area contributed by atoms with E-state index in [-0.39, 0.29) is 11.8 Å². The Kier molecular flexibility index (Phi) is 9.41. The highest BCUT2D eigenvalue weighted by atomic mass is 16.5. The topological polar surface area (TPSA) is 58.6 Å². The van der Waals surface area contributed by atoms with Gasteiger partial charge in [0, 0.05) is 13.1 Å². The van der Waals surface area contributed by atoms with Crippen molar-refractivity contribution in [3.8, 4) is 0 Å². The molecule has 0 saturated heterocycles. The number of rotatable bonds is 11. The first-order valence-corrected chi connectivity index (χ1v) is 11.8. The van der Waals surface area contributed by atoms with Crippen molar-refractivity contribution in [1.82, 2.24) is 10.2 Å². The number of carbonyl (C=O) groups excluding carboxylic acids is 2. The molecular weight excluding hydrogens is 424 g/mol. The third kappa shape index (κ3) is 6.78. The van der Waals surface area contributed by atoms with Gasteiger partial charge in [0.2, 0.25) is 5.91 Å². The summed E-state index contributed by atoms with van der Waals surface area (Å²) < 4.78 is 5.01. The Morgan fingerprint density at radius 3 is 1.74 bits per heavy atom. The number of esters is 1. The van der Waals surface area contributed by atoms with Gasteiger partial charge < -0.3 is 10.1 Å². The first-order chi connectivity index (χ1) is 16.5. The van der Waals surface area contributed by atoms with E-state index >= 15 is 0 Å². The van der Waals surface area contributed by atoms with Gasteiger partial charge in [0.05, 0.1) is 7.11 Å². The molecule has 1 N–H and O–H groups in total. The average Bonchev–Trinajstić information content (AvgIpc) is 2.88. The summed E-state index contributed by atoms with van der Waals surface area (Å²) in [5.41, 5.74) is 3.09. The summed E-state index contributed by atoms with van der Waals surface area (Å²) in [6, 6.07) is 28.7. The number of nitrogens with one attached hydrogen (secondary N) is 1. The van der Waals surface area contributed by atoms with Gasteiger partial charge in [-0.05, 0) is 22.6 Å². The van der Waals surface area contributed by atoms with E-state index < -0.39 is 18.1 Å². The minimum atomic E-state index is -0.705. The van der Waals surface area contributed by atoms with Gasteiger partial charge in [-0.3, -0.25) is 9.69 Å². The summed E-state index contributed by atoms with van der Waals surface area (Å²) in [7, 11) is 1.36. The Bertz CT molecular complexity index is 984. The van der Waals surface area contributed by atoms with E-state index in [1.54, 1.807) is 0 Å². The van der Waals surface area contributed by atoms with Crippen LogP contribution in [0.15, 0.2) is 91.0 Å². The van der Waals surface area contributed by atoms with Crippen LogP contribution in [0.3, 0.4) is 0 Å². The molecule has 0 aliphatic rings. The smallest absolute Gasteiger partial charge is 0.328 e. The molecule has 0 heterocycles. The predicted molar refractivity (Wildman–Crippen MR) is 135 cm³/mol. The summed E-state index contributed by atoms with van der Waals surface area (Å²) in [6.45, 7) is 5.10. The Morgan fingerprint density at radius 2 is 1.29 bits per heavy atom. The molecule has 34 heavy (non-hydrogen) atoms. The Balaban J connectivity index is 2.00. The number of carbonyl (C=O) groups is 2. The van der Waals surface area contributed by atoms with Gasteiger partial charge >= 0.3 is 5.97 Å². The fourth-order valence-corrected chi connectivity index (χ4v) is 4.07. The van der Waals surface area contributed by atoms with Gasteiger partial charge in [0.1, 0.15) is 12.1 Å². The molecule has 5 heteroatoms. The van der Waals surface area contributed by atoms with E-state index in [0.717, 1.165) is 23.1 Å². The number of benzene rings is 3. The van der Waals surface area contributed by atoms with Gasteiger partial charge in [-0.25, -0.2) is 4.79 Å². The molecule has 3 atom stereocenters. The van der Waals surface area contributed by atoms with Gasteiger partial charge in [-0.15, -0.1) is 0 Å². The number of nitrogens with zero attached hydrogens (tertiary/aromatic N) is 1. The number of methoxy groups -OCH3 is 1. The second-order valence-electron chi connectivity index (χ2n) is 8.58. The molecule has 0 aromatic heterocycles. The Hall–Kier alpha value is -3.44. The fourth-order valence-electron chi connectivity index (χ4n) is 4.07. The molecule has 0 aliphatic heterocycles. The predicted octanol–water partition coefficient (Wildman–Crippen LogP) is 5.13. The highest BCUT2D eigenvalue weighted by Crippen LogP contribution is 2.26. The molecule has 0 saturated carbocycles. The van der Waals surface area contributed by atoms with E-state index in [4.69, 9.17) is 4.74 Å². The molecule has 178 valence electrons. The van der Waals surface area contributed by atoms with E-state index in [0.29, 0.717) is 13.1 Å². The minimum Gasteiger partial charge on any atom is -0.467 e. The van der Waals surface area contributed by atoms with Crippen molar-refractivity contribution in [2.75, 3.05) is 7.11 Å². The zero-order valence-corrected chi connectivity index (χ0v) is 20.2. The minimum absolute atomic E-state index is 0.0514. The number of hydrogen-bond acceptors (Lipinski definition) is 4. The van der Waals surface area contributed by atoms with Crippen molar-refractivity contribution >= 4 is 11.9 Å². The van der Waals surface area contributed by atoms with Crippen LogP contribution in [0.4, 0.5) is 0 Å². The van der Waals surface area contributed by atoms with E-state index in [2.05, 4.69) is 34.5 Å². The molecule has 0 aliphatic carbocycles. The first-order valence-electron chi connectivity index (χ1n) is 11.8. The molecular formula is C29H34N2O3. The van der Waals surface area contributed by atoms with Gasteiger partial charge in [-0.1, -0.05) is 111 Å². The maximum absolute atomic E-state index is 13.9. The SMILES string of the molecule is CC[C@H](C)[C@H](NC(=O)[C@@H](c1ccccc1)N(Cc1ccccc1)Cc1ccccc1)C(=O)OC. The van der Waals surface area contributed by atoms with E-state index in [1.165, 1.54) is 7.11 Å². The second kappa shape index (κ2) is 12.7. The first kappa shape index (κ1) is 25.2. The maximum atomic E-state index is 13.9. The lowest BCUT2D eigenvalue weighted by molar-refractivity contribution is -0.147. The van der Waals surface area contributed by atoms with Crippen molar-refractivity contribution in [2.45, 2.75) is 45.4 Å². The van der Waals surface area contributed by atoms with Crippen molar-refractivity contribution in [3.05, 3.63) is 108 Å². The lowest BCUT2D eigenvalue weighted by Gasteiger charge is -2.33. The van der Waals surface area contributed by atoms with Crippen LogP contribution in [0.5, 0.6) is 0 Å². The van der Waals surface area contributed by atoms with Crippen LogP contribution in [0.2, 0.25) is 0 Å². The Morgan fingerprint density at radius 1 is 0.824 bits per heavy atom. The summed E-state index contributed by atoms with van der Waals surface area (Å²) in [4.78, 5) is 28.5. The highest BCUT2D eigenvalue weighted by Gasteiger charge is 2.33. The van der Waals surface area contributed by atoms with Gasteiger partial charge in [0.25, 0.3) is 0 Å². The molecule has 0 bridgehead atoms. The second-order valence-corrected chi connectivity index (χ2v) is 8.58. The standard InChI is InChI=1S/C29H34N2O3/c1-4-22(2)26(29(33)34-3)30-28(32)27(25-18-12-7-13-19-25)31(20-23-14-8-5-9-15-23)21-24-16-10-6-11-17-24/h5-19,22,26-27H,4,20-21H2,1-3H3,(H,30,32)/t22-,26-,27+/m0/s1. The number of hydrogen-bond donors (Lipinski definition) is 1. The van der Waals surface area contributed by atoms with Crippen molar-refractivity contribution < 1.29 is 14.3 Å². The molecule has 0 spiro atoms. The molecule has 0 fully saturated rings. The van der Waals surface area contributed by atoms with E-state index in [9.17, 15) is 9.59 Å². The van der Waals surface area contributed by atoms with Crippen LogP contribution < -0.4 is 5.32 Å². The van der Waals surface area contributed by atoms with E-state index in [1.807, 2.05) is 80.6 Å². The van der Waals surface area contributed by atoms with Crippen molar-refractivity contribution in [2.24, 2.45) is 5.92 Å². The van der Waals surface area contributed by atoms with Crippen LogP contribution in [-0.2, 0) is 27.4 Å². The molecule has 0 unspecified atom stereocenters. The normalized spacial score (nSPS) is 13.6. The summed E-state index contributed by atoms with van der Waals surface area (Å²) in [5.74, 6) is -0.689. The average molecular weight is 459 g/mol. The zero-order chi connectivity index (χ0) is 24.3. The molecule has 3 rings (SSSR count). The zero-order valence-electron chi connectivity index (χ0n) is 20.2. The molecule has 5 nitrogen and oxygen atoms in total. The molecule has 3 aromatic carbocycles.